The normalized spacial score (nSPS) is 14.3. The molecule has 0 atom stereocenters. The molecule has 0 aliphatic carbocycles. The number of halogens is 1. The van der Waals surface area contributed by atoms with Crippen molar-refractivity contribution >= 4 is 23.2 Å². The third-order valence-corrected chi connectivity index (χ3v) is 6.51. The van der Waals surface area contributed by atoms with Gasteiger partial charge in [-0.3, -0.25) is 0 Å². The van der Waals surface area contributed by atoms with Gasteiger partial charge in [-0.1, -0.05) is 83.8 Å². The lowest BCUT2D eigenvalue weighted by Crippen LogP contribution is -2.36. The second kappa shape index (κ2) is 10.2. The van der Waals surface area contributed by atoms with Crippen molar-refractivity contribution in [2.75, 3.05) is 31.1 Å². The van der Waals surface area contributed by atoms with Crippen LogP contribution in [0.1, 0.15) is 19.3 Å². The molecule has 5 heteroatoms. The number of aromatic nitrogens is 1. The highest BCUT2D eigenvalue weighted by molar-refractivity contribution is 6.30. The summed E-state index contributed by atoms with van der Waals surface area (Å²) in [5.74, 6) is 0.773. The van der Waals surface area contributed by atoms with Gasteiger partial charge in [-0.2, -0.15) is 0 Å². The van der Waals surface area contributed by atoms with Gasteiger partial charge in [0, 0.05) is 29.4 Å². The molecule has 0 radical (unpaired) electrons. The standard InChI is InChI=1S/C28H28ClN3O/c29-24-16-14-23(15-17-24)27-26(22-10-4-1-5-11-22)28(33-30-27)32(25-12-6-2-7-13-25)21-20-31-18-8-3-9-19-31/h1-2,4-7,10-17H,3,8-9,18-21H2. The van der Waals surface area contributed by atoms with E-state index in [2.05, 4.69) is 63.5 Å². The van der Waals surface area contributed by atoms with Crippen LogP contribution in [0.25, 0.3) is 22.4 Å². The van der Waals surface area contributed by atoms with Crippen molar-refractivity contribution in [3.63, 3.8) is 0 Å². The first kappa shape index (κ1) is 21.7. The van der Waals surface area contributed by atoms with Crippen LogP contribution in [0.15, 0.2) is 89.5 Å². The van der Waals surface area contributed by atoms with Crippen molar-refractivity contribution in [3.05, 3.63) is 90.0 Å². The molecule has 1 aliphatic rings. The summed E-state index contributed by atoms with van der Waals surface area (Å²) in [7, 11) is 0. The molecule has 0 N–H and O–H groups in total. The highest BCUT2D eigenvalue weighted by Gasteiger charge is 2.25. The fraction of sp³-hybridized carbons (Fsp3) is 0.250. The Morgan fingerprint density at radius 2 is 1.45 bits per heavy atom. The van der Waals surface area contributed by atoms with Gasteiger partial charge in [0.15, 0.2) is 0 Å². The second-order valence-corrected chi connectivity index (χ2v) is 8.91. The third-order valence-electron chi connectivity index (χ3n) is 6.26. The minimum Gasteiger partial charge on any atom is -0.337 e. The summed E-state index contributed by atoms with van der Waals surface area (Å²) in [6.45, 7) is 4.15. The van der Waals surface area contributed by atoms with E-state index in [0.29, 0.717) is 5.02 Å². The van der Waals surface area contributed by atoms with Crippen molar-refractivity contribution in [2.45, 2.75) is 19.3 Å². The van der Waals surface area contributed by atoms with E-state index in [1.165, 1.54) is 32.4 Å². The van der Waals surface area contributed by atoms with Gasteiger partial charge in [0.05, 0.1) is 5.56 Å². The largest absolute Gasteiger partial charge is 0.337 e. The molecule has 0 bridgehead atoms. The van der Waals surface area contributed by atoms with Gasteiger partial charge in [0.1, 0.15) is 5.69 Å². The van der Waals surface area contributed by atoms with Gasteiger partial charge in [0.25, 0.3) is 0 Å². The van der Waals surface area contributed by atoms with E-state index in [4.69, 9.17) is 16.1 Å². The fourth-order valence-corrected chi connectivity index (χ4v) is 4.64. The van der Waals surface area contributed by atoms with Crippen LogP contribution in [0, 0.1) is 0 Å². The summed E-state index contributed by atoms with van der Waals surface area (Å²) in [6.07, 6.45) is 3.90. The van der Waals surface area contributed by atoms with E-state index in [-0.39, 0.29) is 0 Å². The Kier molecular flexibility index (Phi) is 6.75. The molecule has 1 aromatic heterocycles. The number of rotatable bonds is 7. The van der Waals surface area contributed by atoms with E-state index in [1.54, 1.807) is 0 Å². The number of hydrogen-bond acceptors (Lipinski definition) is 4. The van der Waals surface area contributed by atoms with Crippen molar-refractivity contribution in [1.82, 2.24) is 10.1 Å². The Balaban J connectivity index is 1.58. The first-order valence-electron chi connectivity index (χ1n) is 11.7. The molecule has 168 valence electrons. The molecule has 4 aromatic rings. The number of likely N-dealkylation sites (tertiary alicyclic amines) is 1. The van der Waals surface area contributed by atoms with Crippen molar-refractivity contribution in [2.24, 2.45) is 0 Å². The highest BCUT2D eigenvalue weighted by atomic mass is 35.5. The number of hydrogen-bond donors (Lipinski definition) is 0. The Hall–Kier alpha value is -3.08. The van der Waals surface area contributed by atoms with Gasteiger partial charge in [-0.15, -0.1) is 0 Å². The lowest BCUT2D eigenvalue weighted by atomic mass is 10.0. The van der Waals surface area contributed by atoms with Gasteiger partial charge >= 0.3 is 0 Å². The van der Waals surface area contributed by atoms with Crippen LogP contribution in [-0.4, -0.2) is 36.2 Å². The maximum absolute atomic E-state index is 6.15. The van der Waals surface area contributed by atoms with Crippen molar-refractivity contribution in [3.8, 4) is 22.4 Å². The summed E-state index contributed by atoms with van der Waals surface area (Å²) in [5.41, 5.74) is 4.99. The van der Waals surface area contributed by atoms with Gasteiger partial charge in [-0.25, -0.2) is 0 Å². The predicted molar refractivity (Wildman–Crippen MR) is 136 cm³/mol. The molecule has 0 amide bonds. The first-order chi connectivity index (χ1) is 16.3. The monoisotopic (exact) mass is 457 g/mol. The molecule has 0 spiro atoms. The molecule has 3 aromatic carbocycles. The average Bonchev–Trinajstić information content (AvgIpc) is 3.31. The number of para-hydroxylation sites is 1. The summed E-state index contributed by atoms with van der Waals surface area (Å²) < 4.78 is 6.12. The molecule has 0 unspecified atom stereocenters. The van der Waals surface area contributed by atoms with Crippen molar-refractivity contribution < 1.29 is 4.52 Å². The zero-order chi connectivity index (χ0) is 22.5. The molecule has 0 saturated carbocycles. The average molecular weight is 458 g/mol. The lowest BCUT2D eigenvalue weighted by Gasteiger charge is -2.30. The van der Waals surface area contributed by atoms with E-state index >= 15 is 0 Å². The minimum absolute atomic E-state index is 0.705. The zero-order valence-corrected chi connectivity index (χ0v) is 19.4. The number of anilines is 2. The molecule has 4 nitrogen and oxygen atoms in total. The SMILES string of the molecule is Clc1ccc(-c2noc(N(CCN3CCCCC3)c3ccccc3)c2-c2ccccc2)cc1. The molecular weight excluding hydrogens is 430 g/mol. The third kappa shape index (κ3) is 4.97. The van der Waals surface area contributed by atoms with Crippen LogP contribution in [0.4, 0.5) is 11.6 Å². The van der Waals surface area contributed by atoms with E-state index in [1.807, 2.05) is 36.4 Å². The molecule has 1 fully saturated rings. The van der Waals surface area contributed by atoms with Crippen molar-refractivity contribution in [1.29, 1.82) is 0 Å². The van der Waals surface area contributed by atoms with E-state index in [9.17, 15) is 0 Å². The topological polar surface area (TPSA) is 32.5 Å². The number of benzene rings is 3. The molecule has 1 saturated heterocycles. The van der Waals surface area contributed by atoms with Crippen LogP contribution in [-0.2, 0) is 0 Å². The van der Waals surface area contributed by atoms with Gasteiger partial charge in [-0.05, 0) is 55.8 Å². The molecule has 1 aliphatic heterocycles. The molecular formula is C28H28ClN3O. The van der Waals surface area contributed by atoms with Crippen LogP contribution < -0.4 is 4.90 Å². The zero-order valence-electron chi connectivity index (χ0n) is 18.7. The maximum Gasteiger partial charge on any atom is 0.240 e. The quantitative estimate of drug-likeness (QED) is 0.291. The first-order valence-corrected chi connectivity index (χ1v) is 12.0. The Bertz CT molecular complexity index is 1150. The Labute approximate surface area is 200 Å². The summed E-state index contributed by atoms with van der Waals surface area (Å²) in [5, 5.41) is 5.27. The summed E-state index contributed by atoms with van der Waals surface area (Å²) in [6, 6.07) is 28.6. The van der Waals surface area contributed by atoms with E-state index in [0.717, 1.165) is 47.0 Å². The second-order valence-electron chi connectivity index (χ2n) is 8.47. The Morgan fingerprint density at radius 1 is 0.788 bits per heavy atom. The number of nitrogens with zero attached hydrogens (tertiary/aromatic N) is 3. The Morgan fingerprint density at radius 3 is 2.15 bits per heavy atom. The summed E-state index contributed by atoms with van der Waals surface area (Å²) in [4.78, 5) is 4.82. The fourth-order valence-electron chi connectivity index (χ4n) is 4.52. The van der Waals surface area contributed by atoms with Crippen LogP contribution in [0.2, 0.25) is 5.02 Å². The maximum atomic E-state index is 6.15. The van der Waals surface area contributed by atoms with Crippen LogP contribution >= 0.6 is 11.6 Å². The van der Waals surface area contributed by atoms with E-state index < -0.39 is 0 Å². The van der Waals surface area contributed by atoms with Gasteiger partial charge < -0.3 is 14.3 Å². The summed E-state index contributed by atoms with van der Waals surface area (Å²) >= 11 is 6.15. The van der Waals surface area contributed by atoms with Crippen LogP contribution in [0.5, 0.6) is 0 Å². The molecule has 2 heterocycles. The smallest absolute Gasteiger partial charge is 0.240 e. The number of piperidine rings is 1. The predicted octanol–water partition coefficient (Wildman–Crippen LogP) is 7.29. The van der Waals surface area contributed by atoms with Crippen LogP contribution in [0.3, 0.4) is 0 Å². The molecule has 33 heavy (non-hydrogen) atoms. The van der Waals surface area contributed by atoms with Gasteiger partial charge in [0.2, 0.25) is 5.88 Å². The highest BCUT2D eigenvalue weighted by Crippen LogP contribution is 2.42. The minimum atomic E-state index is 0.705. The molecule has 5 rings (SSSR count). The lowest BCUT2D eigenvalue weighted by molar-refractivity contribution is 0.234.